The van der Waals surface area contributed by atoms with Crippen molar-refractivity contribution in [2.24, 2.45) is 0 Å². The molecule has 5 nitrogen and oxygen atoms in total. The van der Waals surface area contributed by atoms with Crippen LogP contribution in [-0.4, -0.2) is 48.3 Å². The zero-order valence-corrected chi connectivity index (χ0v) is 12.4. The molecule has 2 aliphatic rings. The van der Waals surface area contributed by atoms with Crippen molar-refractivity contribution in [1.82, 2.24) is 10.2 Å². The van der Waals surface area contributed by atoms with Gasteiger partial charge in [0.1, 0.15) is 0 Å². The van der Waals surface area contributed by atoms with Gasteiger partial charge in [0.25, 0.3) is 5.91 Å². The smallest absolute Gasteiger partial charge is 0.438 e. The van der Waals surface area contributed by atoms with Gasteiger partial charge in [-0.2, -0.15) is 13.2 Å². The van der Waals surface area contributed by atoms with Crippen molar-refractivity contribution in [3.8, 4) is 0 Å². The van der Waals surface area contributed by atoms with E-state index in [1.165, 1.54) is 11.0 Å². The summed E-state index contributed by atoms with van der Waals surface area (Å²) in [6, 6.07) is 4.12. The lowest BCUT2D eigenvalue weighted by molar-refractivity contribution is -0.210. The predicted octanol–water partition coefficient (Wildman–Crippen LogP) is 1.74. The van der Waals surface area contributed by atoms with Crippen molar-refractivity contribution < 1.29 is 27.5 Å². The number of nitrogens with one attached hydrogen (secondary N) is 1. The van der Waals surface area contributed by atoms with Crippen molar-refractivity contribution in [1.29, 1.82) is 0 Å². The summed E-state index contributed by atoms with van der Waals surface area (Å²) in [5.41, 5.74) is 1.09. The van der Waals surface area contributed by atoms with Gasteiger partial charge >= 0.3 is 12.1 Å². The van der Waals surface area contributed by atoms with Gasteiger partial charge in [-0.15, -0.1) is 0 Å². The van der Waals surface area contributed by atoms with Crippen LogP contribution >= 0.6 is 11.6 Å². The maximum absolute atomic E-state index is 12.5. The van der Waals surface area contributed by atoms with Crippen molar-refractivity contribution >= 4 is 23.5 Å². The van der Waals surface area contributed by atoms with Gasteiger partial charge in [-0.3, -0.25) is 10.1 Å². The first-order chi connectivity index (χ1) is 10.8. The number of carbonyl (C=O) groups is 2. The highest BCUT2D eigenvalue weighted by molar-refractivity contribution is 6.31. The number of carbonyl (C=O) groups excluding carboxylic acids is 2. The number of esters is 1. The first kappa shape index (κ1) is 16.1. The standard InChI is InChI=1S/C14H12ClF3N2O3/c15-8-2-1-7-5-10-11(23-13(22)14(16,17)18)19-3-4-20(10)12(21)9(7)6-8/h1-2,6,10-11,19H,3-5H2/t10-,11?/m1/s1. The molecule has 2 heterocycles. The first-order valence-corrected chi connectivity index (χ1v) is 7.26. The van der Waals surface area contributed by atoms with E-state index >= 15 is 0 Å². The number of piperazine rings is 1. The van der Waals surface area contributed by atoms with Gasteiger partial charge in [-0.1, -0.05) is 17.7 Å². The van der Waals surface area contributed by atoms with Crippen LogP contribution in [0.15, 0.2) is 18.2 Å². The van der Waals surface area contributed by atoms with Gasteiger partial charge in [0, 0.05) is 23.7 Å². The number of rotatable bonds is 1. The minimum Gasteiger partial charge on any atom is -0.438 e. The summed E-state index contributed by atoms with van der Waals surface area (Å²) in [6.45, 7) is 0.545. The van der Waals surface area contributed by atoms with Crippen LogP contribution in [-0.2, 0) is 16.0 Å². The SMILES string of the molecule is O=C1c2cc(Cl)ccc2C[C@@H]2C(OC(=O)C(F)(F)F)NCCN12. The maximum Gasteiger partial charge on any atom is 0.490 e. The third-order valence-corrected chi connectivity index (χ3v) is 4.14. The minimum atomic E-state index is -5.08. The first-order valence-electron chi connectivity index (χ1n) is 6.88. The van der Waals surface area contributed by atoms with Crippen LogP contribution in [0.3, 0.4) is 0 Å². The van der Waals surface area contributed by atoms with Crippen LogP contribution < -0.4 is 5.32 Å². The summed E-state index contributed by atoms with van der Waals surface area (Å²) >= 11 is 5.89. The van der Waals surface area contributed by atoms with Gasteiger partial charge < -0.3 is 9.64 Å². The molecular formula is C14H12ClF3N2O3. The fourth-order valence-electron chi connectivity index (χ4n) is 2.87. The number of alkyl halides is 3. The van der Waals surface area contributed by atoms with E-state index in [0.29, 0.717) is 22.7 Å². The molecular weight excluding hydrogens is 337 g/mol. The molecule has 0 bridgehead atoms. The highest BCUT2D eigenvalue weighted by atomic mass is 35.5. The van der Waals surface area contributed by atoms with E-state index in [4.69, 9.17) is 11.6 Å². The Bertz CT molecular complexity index is 665. The van der Waals surface area contributed by atoms with Crippen LogP contribution in [0.25, 0.3) is 0 Å². The summed E-state index contributed by atoms with van der Waals surface area (Å²) in [6.07, 6.45) is -6.00. The molecule has 124 valence electrons. The van der Waals surface area contributed by atoms with Crippen molar-refractivity contribution in [3.05, 3.63) is 34.3 Å². The number of nitrogens with zero attached hydrogens (tertiary/aromatic N) is 1. The van der Waals surface area contributed by atoms with Crippen molar-refractivity contribution in [2.45, 2.75) is 24.9 Å². The fraction of sp³-hybridized carbons (Fsp3) is 0.429. The normalized spacial score (nSPS) is 24.0. The molecule has 2 atom stereocenters. The molecule has 23 heavy (non-hydrogen) atoms. The maximum atomic E-state index is 12.5. The Labute approximate surface area is 134 Å². The average Bonchev–Trinajstić information content (AvgIpc) is 2.48. The summed E-state index contributed by atoms with van der Waals surface area (Å²) < 4.78 is 41.7. The van der Waals surface area contributed by atoms with E-state index in [-0.39, 0.29) is 18.9 Å². The van der Waals surface area contributed by atoms with Gasteiger partial charge in [-0.25, -0.2) is 4.79 Å². The van der Waals surface area contributed by atoms with E-state index in [1.807, 2.05) is 0 Å². The minimum absolute atomic E-state index is 0.230. The summed E-state index contributed by atoms with van der Waals surface area (Å²) in [7, 11) is 0. The Morgan fingerprint density at radius 3 is 2.83 bits per heavy atom. The van der Waals surface area contributed by atoms with Gasteiger partial charge in [0.15, 0.2) is 6.23 Å². The molecule has 1 amide bonds. The predicted molar refractivity (Wildman–Crippen MR) is 73.9 cm³/mol. The molecule has 2 aliphatic heterocycles. The van der Waals surface area contributed by atoms with E-state index in [1.54, 1.807) is 12.1 Å². The number of hydrogen-bond donors (Lipinski definition) is 1. The number of fused-ring (bicyclic) bond motifs is 2. The monoisotopic (exact) mass is 348 g/mol. The highest BCUT2D eigenvalue weighted by Crippen LogP contribution is 2.29. The number of amides is 1. The second-order valence-corrected chi connectivity index (χ2v) is 5.79. The lowest BCUT2D eigenvalue weighted by atomic mass is 9.91. The second-order valence-electron chi connectivity index (χ2n) is 5.35. The van der Waals surface area contributed by atoms with Crippen LogP contribution in [0.2, 0.25) is 5.02 Å². The van der Waals surface area contributed by atoms with Crippen LogP contribution in [0, 0.1) is 0 Å². The zero-order valence-electron chi connectivity index (χ0n) is 11.7. The number of benzene rings is 1. The Morgan fingerprint density at radius 2 is 2.13 bits per heavy atom. The summed E-state index contributed by atoms with van der Waals surface area (Å²) in [4.78, 5) is 25.0. The molecule has 9 heteroatoms. The highest BCUT2D eigenvalue weighted by Gasteiger charge is 2.46. The Morgan fingerprint density at radius 1 is 1.39 bits per heavy atom. The van der Waals surface area contributed by atoms with Gasteiger partial charge in [0.2, 0.25) is 0 Å². The molecule has 1 aromatic rings. The van der Waals surface area contributed by atoms with Crippen molar-refractivity contribution in [3.63, 3.8) is 0 Å². The van der Waals surface area contributed by atoms with Gasteiger partial charge in [0.05, 0.1) is 6.04 Å². The largest absolute Gasteiger partial charge is 0.490 e. The Kier molecular flexibility index (Phi) is 3.97. The van der Waals surface area contributed by atoms with E-state index < -0.39 is 24.4 Å². The molecule has 0 radical (unpaired) electrons. The molecule has 0 aliphatic carbocycles. The van der Waals surface area contributed by atoms with Gasteiger partial charge in [-0.05, 0) is 24.1 Å². The van der Waals surface area contributed by atoms with Crippen LogP contribution in [0.4, 0.5) is 13.2 Å². The molecule has 0 spiro atoms. The average molecular weight is 349 g/mol. The molecule has 1 unspecified atom stereocenters. The van der Waals surface area contributed by atoms with Crippen LogP contribution in [0.1, 0.15) is 15.9 Å². The zero-order chi connectivity index (χ0) is 16.8. The molecule has 0 aromatic heterocycles. The number of ether oxygens (including phenoxy) is 1. The van der Waals surface area contributed by atoms with E-state index in [0.717, 1.165) is 0 Å². The number of hydrogen-bond acceptors (Lipinski definition) is 4. The third kappa shape index (κ3) is 3.00. The van der Waals surface area contributed by atoms with E-state index in [9.17, 15) is 22.8 Å². The molecule has 1 aromatic carbocycles. The Hall–Kier alpha value is -1.80. The molecule has 0 saturated carbocycles. The van der Waals surface area contributed by atoms with Crippen LogP contribution in [0.5, 0.6) is 0 Å². The topological polar surface area (TPSA) is 58.6 Å². The molecule has 1 fully saturated rings. The summed E-state index contributed by atoms with van der Waals surface area (Å²) in [5, 5.41) is 3.13. The van der Waals surface area contributed by atoms with E-state index in [2.05, 4.69) is 10.1 Å². The summed E-state index contributed by atoms with van der Waals surface area (Å²) in [5.74, 6) is -2.60. The number of halogens is 4. The molecule has 3 rings (SSSR count). The lowest BCUT2D eigenvalue weighted by Crippen LogP contribution is -2.63. The Balaban J connectivity index is 1.87. The third-order valence-electron chi connectivity index (χ3n) is 3.91. The quantitative estimate of drug-likeness (QED) is 0.785. The lowest BCUT2D eigenvalue weighted by Gasteiger charge is -2.44. The van der Waals surface area contributed by atoms with Crippen molar-refractivity contribution in [2.75, 3.05) is 13.1 Å². The molecule has 1 N–H and O–H groups in total. The molecule has 1 saturated heterocycles. The fourth-order valence-corrected chi connectivity index (χ4v) is 3.04. The second kappa shape index (κ2) is 5.68.